The zero-order valence-corrected chi connectivity index (χ0v) is 15.7. The molecule has 3 aromatic rings. The van der Waals surface area contributed by atoms with Crippen LogP contribution in [-0.4, -0.2) is 56.4 Å². The molecule has 1 saturated heterocycles. The van der Waals surface area contributed by atoms with Gasteiger partial charge in [0.15, 0.2) is 11.5 Å². The number of hydrogen-bond donors (Lipinski definition) is 1. The van der Waals surface area contributed by atoms with E-state index in [0.717, 1.165) is 4.90 Å². The molecule has 30 heavy (non-hydrogen) atoms. The maximum Gasteiger partial charge on any atom is 0.471 e. The van der Waals surface area contributed by atoms with Crippen LogP contribution in [-0.2, 0) is 4.79 Å². The van der Waals surface area contributed by atoms with Crippen LogP contribution in [0.25, 0.3) is 17.0 Å². The highest BCUT2D eigenvalue weighted by molar-refractivity contribution is 5.81. The first-order valence-corrected chi connectivity index (χ1v) is 9.40. The molecular weight excluding hydrogens is 404 g/mol. The number of likely N-dealkylation sites (tertiary alicyclic amines) is 1. The van der Waals surface area contributed by atoms with Crippen molar-refractivity contribution in [1.82, 2.24) is 24.7 Å². The molecule has 0 spiro atoms. The largest absolute Gasteiger partial charge is 0.471 e. The number of rotatable bonds is 4. The fourth-order valence-electron chi connectivity index (χ4n) is 3.46. The Morgan fingerprint density at radius 1 is 1.10 bits per heavy atom. The topological polar surface area (TPSA) is 75.4 Å². The second-order valence-electron chi connectivity index (χ2n) is 7.11. The van der Waals surface area contributed by atoms with E-state index in [0.29, 0.717) is 30.9 Å². The van der Waals surface area contributed by atoms with Gasteiger partial charge in [0.25, 0.3) is 0 Å². The van der Waals surface area contributed by atoms with Crippen molar-refractivity contribution in [2.24, 2.45) is 5.92 Å². The number of carbonyl (C=O) groups excluding carboxylic acids is 1. The fourth-order valence-corrected chi connectivity index (χ4v) is 3.46. The van der Waals surface area contributed by atoms with Crippen molar-refractivity contribution < 1.29 is 22.4 Å². The third-order valence-corrected chi connectivity index (χ3v) is 5.09. The Kier molecular flexibility index (Phi) is 5.27. The van der Waals surface area contributed by atoms with Crippen LogP contribution < -0.4 is 5.32 Å². The molecule has 1 amide bonds. The summed E-state index contributed by atoms with van der Waals surface area (Å²) in [6.45, 7) is 0.629. The molecule has 0 atom stereocenters. The molecule has 0 bridgehead atoms. The summed E-state index contributed by atoms with van der Waals surface area (Å²) in [4.78, 5) is 12.2. The number of nitrogens with zero attached hydrogens (tertiary/aromatic N) is 5. The van der Waals surface area contributed by atoms with Gasteiger partial charge in [0.1, 0.15) is 11.6 Å². The van der Waals surface area contributed by atoms with E-state index in [1.807, 2.05) is 0 Å². The van der Waals surface area contributed by atoms with Crippen molar-refractivity contribution in [3.8, 4) is 11.4 Å². The molecule has 0 radical (unpaired) electrons. The van der Waals surface area contributed by atoms with Crippen LogP contribution >= 0.6 is 0 Å². The number of nitrogens with one attached hydrogen (secondary N) is 1. The summed E-state index contributed by atoms with van der Waals surface area (Å²) in [6, 6.07) is 9.58. The van der Waals surface area contributed by atoms with Gasteiger partial charge in [-0.1, -0.05) is 12.1 Å². The number of fused-ring (bicyclic) bond motifs is 1. The number of alkyl halides is 3. The van der Waals surface area contributed by atoms with E-state index in [9.17, 15) is 22.4 Å². The lowest BCUT2D eigenvalue weighted by atomic mass is 9.96. The summed E-state index contributed by atoms with van der Waals surface area (Å²) < 4.78 is 53.1. The third-order valence-electron chi connectivity index (χ3n) is 5.09. The number of halogens is 4. The lowest BCUT2D eigenvalue weighted by molar-refractivity contribution is -0.186. The molecule has 7 nitrogen and oxygen atoms in total. The average Bonchev–Trinajstić information content (AvgIpc) is 3.15. The van der Waals surface area contributed by atoms with Gasteiger partial charge in [0.05, 0.1) is 5.56 Å². The Morgan fingerprint density at radius 3 is 2.53 bits per heavy atom. The van der Waals surface area contributed by atoms with Gasteiger partial charge >= 0.3 is 12.1 Å². The van der Waals surface area contributed by atoms with Gasteiger partial charge in [-0.25, -0.2) is 4.39 Å². The Hall–Kier alpha value is -3.24. The lowest BCUT2D eigenvalue weighted by Crippen LogP contribution is -2.46. The van der Waals surface area contributed by atoms with Gasteiger partial charge in [-0.15, -0.1) is 15.3 Å². The number of carbonyl (C=O) groups is 1. The van der Waals surface area contributed by atoms with E-state index in [1.54, 1.807) is 30.3 Å². The number of hydrogen-bond acceptors (Lipinski definition) is 5. The molecule has 1 fully saturated rings. The maximum absolute atomic E-state index is 14.1. The first kappa shape index (κ1) is 20.0. The van der Waals surface area contributed by atoms with Crippen LogP contribution in [0.2, 0.25) is 0 Å². The van der Waals surface area contributed by atoms with Crippen LogP contribution in [0.3, 0.4) is 0 Å². The van der Waals surface area contributed by atoms with E-state index >= 15 is 0 Å². The van der Waals surface area contributed by atoms with E-state index in [-0.39, 0.29) is 30.4 Å². The number of amides is 1. The summed E-state index contributed by atoms with van der Waals surface area (Å²) in [5.41, 5.74) is 0.731. The Bertz CT molecular complexity index is 1060. The number of piperidine rings is 1. The molecule has 11 heteroatoms. The highest BCUT2D eigenvalue weighted by Crippen LogP contribution is 2.25. The first-order chi connectivity index (χ1) is 14.3. The van der Waals surface area contributed by atoms with E-state index in [4.69, 9.17) is 0 Å². The van der Waals surface area contributed by atoms with Gasteiger partial charge in [-0.3, -0.25) is 4.79 Å². The molecule has 0 saturated carbocycles. The minimum Gasteiger partial charge on any atom is -0.368 e. The molecule has 4 rings (SSSR count). The summed E-state index contributed by atoms with van der Waals surface area (Å²) in [6.07, 6.45) is -3.91. The second kappa shape index (κ2) is 7.88. The summed E-state index contributed by atoms with van der Waals surface area (Å²) in [5, 5.41) is 15.6. The quantitative estimate of drug-likeness (QED) is 0.654. The van der Waals surface area contributed by atoms with Crippen molar-refractivity contribution >= 4 is 17.4 Å². The molecule has 1 aromatic carbocycles. The molecule has 0 aliphatic carbocycles. The molecule has 3 heterocycles. The van der Waals surface area contributed by atoms with Gasteiger partial charge in [-0.05, 0) is 43.0 Å². The number of benzene rings is 1. The van der Waals surface area contributed by atoms with Crippen molar-refractivity contribution in [2.75, 3.05) is 25.0 Å². The molecular formula is C19H18F4N6O. The van der Waals surface area contributed by atoms with Crippen molar-refractivity contribution in [3.05, 3.63) is 42.2 Å². The highest BCUT2D eigenvalue weighted by atomic mass is 19.4. The van der Waals surface area contributed by atoms with Crippen molar-refractivity contribution in [3.63, 3.8) is 0 Å². The second-order valence-corrected chi connectivity index (χ2v) is 7.11. The minimum atomic E-state index is -4.83. The minimum absolute atomic E-state index is 0.0695. The summed E-state index contributed by atoms with van der Waals surface area (Å²) in [7, 11) is 0. The van der Waals surface area contributed by atoms with Gasteiger partial charge in [0.2, 0.25) is 0 Å². The SMILES string of the molecule is O=C(N1CCC(CNc2ccc3nnc(-c4ccccc4F)n3n2)CC1)C(F)(F)F. The number of aromatic nitrogens is 4. The lowest BCUT2D eigenvalue weighted by Gasteiger charge is -2.32. The monoisotopic (exact) mass is 422 g/mol. The molecule has 1 N–H and O–H groups in total. The first-order valence-electron chi connectivity index (χ1n) is 9.40. The molecule has 1 aliphatic rings. The fraction of sp³-hybridized carbons (Fsp3) is 0.368. The van der Waals surface area contributed by atoms with E-state index in [1.165, 1.54) is 10.6 Å². The van der Waals surface area contributed by atoms with E-state index in [2.05, 4.69) is 20.6 Å². The normalized spacial score (nSPS) is 15.5. The summed E-state index contributed by atoms with van der Waals surface area (Å²) >= 11 is 0. The zero-order valence-electron chi connectivity index (χ0n) is 15.7. The van der Waals surface area contributed by atoms with Crippen LogP contribution in [0.1, 0.15) is 12.8 Å². The van der Waals surface area contributed by atoms with Crippen LogP contribution in [0.5, 0.6) is 0 Å². The standard InChI is InChI=1S/C19H18F4N6O/c20-14-4-2-1-3-13(14)17-26-25-16-6-5-15(27-29(16)17)24-11-12-7-9-28(10-8-12)18(30)19(21,22)23/h1-6,12H,7-11H2,(H,24,27). The Labute approximate surface area is 168 Å². The zero-order chi connectivity index (χ0) is 21.3. The molecule has 0 unspecified atom stereocenters. The molecule has 2 aromatic heterocycles. The van der Waals surface area contributed by atoms with Crippen molar-refractivity contribution in [2.45, 2.75) is 19.0 Å². The predicted octanol–water partition coefficient (Wildman–Crippen LogP) is 3.14. The van der Waals surface area contributed by atoms with Gasteiger partial charge in [-0.2, -0.15) is 17.7 Å². The Morgan fingerprint density at radius 2 is 1.83 bits per heavy atom. The molecule has 158 valence electrons. The smallest absolute Gasteiger partial charge is 0.368 e. The maximum atomic E-state index is 14.1. The van der Waals surface area contributed by atoms with Crippen LogP contribution in [0, 0.1) is 11.7 Å². The number of anilines is 1. The van der Waals surface area contributed by atoms with Gasteiger partial charge < -0.3 is 10.2 Å². The van der Waals surface area contributed by atoms with Crippen molar-refractivity contribution in [1.29, 1.82) is 0 Å². The molecule has 1 aliphatic heterocycles. The predicted molar refractivity (Wildman–Crippen MR) is 100 cm³/mol. The average molecular weight is 422 g/mol. The van der Waals surface area contributed by atoms with Crippen LogP contribution in [0.15, 0.2) is 36.4 Å². The summed E-state index contributed by atoms with van der Waals surface area (Å²) in [5.74, 6) is -1.34. The van der Waals surface area contributed by atoms with Crippen LogP contribution in [0.4, 0.5) is 23.4 Å². The van der Waals surface area contributed by atoms with Gasteiger partial charge in [0, 0.05) is 19.6 Å². The Balaban J connectivity index is 1.41. The highest BCUT2D eigenvalue weighted by Gasteiger charge is 2.43. The van der Waals surface area contributed by atoms with E-state index < -0.39 is 17.9 Å². The third kappa shape index (κ3) is 4.05.